The van der Waals surface area contributed by atoms with Gasteiger partial charge in [-0.15, -0.1) is 0 Å². The Labute approximate surface area is 124 Å². The number of nitrogens with zero attached hydrogens (tertiary/aromatic N) is 3. The Morgan fingerprint density at radius 3 is 2.81 bits per heavy atom. The molecule has 0 amide bonds. The topological polar surface area (TPSA) is 55.4 Å². The molecule has 3 rings (SSSR count). The van der Waals surface area contributed by atoms with Crippen LogP contribution in [0.4, 0.5) is 0 Å². The molecule has 0 bridgehead atoms. The number of fused-ring (bicyclic) bond motifs is 1. The zero-order valence-corrected chi connectivity index (χ0v) is 12.8. The first-order chi connectivity index (χ1) is 10.0. The number of aryl methyl sites for hydroxylation is 3. The van der Waals surface area contributed by atoms with Crippen molar-refractivity contribution in [2.45, 2.75) is 40.3 Å². The summed E-state index contributed by atoms with van der Waals surface area (Å²) in [4.78, 5) is 4.42. The van der Waals surface area contributed by atoms with Gasteiger partial charge in [-0.3, -0.25) is 0 Å². The van der Waals surface area contributed by atoms with Crippen LogP contribution in [0.1, 0.15) is 41.3 Å². The van der Waals surface area contributed by atoms with E-state index in [-0.39, 0.29) is 6.04 Å². The molecule has 110 valence electrons. The van der Waals surface area contributed by atoms with Crippen molar-refractivity contribution >= 4 is 5.65 Å². The van der Waals surface area contributed by atoms with Gasteiger partial charge in [0.25, 0.3) is 0 Å². The fraction of sp³-hybridized carbons (Fsp3) is 0.375. The molecule has 0 aliphatic rings. The molecule has 0 fully saturated rings. The van der Waals surface area contributed by atoms with Crippen molar-refractivity contribution in [2.24, 2.45) is 0 Å². The Kier molecular flexibility index (Phi) is 3.51. The van der Waals surface area contributed by atoms with Gasteiger partial charge >= 0.3 is 0 Å². The number of aromatic nitrogens is 3. The van der Waals surface area contributed by atoms with Gasteiger partial charge in [0.2, 0.25) is 0 Å². The smallest absolute Gasteiger partial charge is 0.155 e. The highest BCUT2D eigenvalue weighted by Gasteiger charge is 2.12. The quantitative estimate of drug-likeness (QED) is 0.800. The first-order valence-electron chi connectivity index (χ1n) is 7.14. The largest absolute Gasteiger partial charge is 0.466 e. The Morgan fingerprint density at radius 2 is 2.10 bits per heavy atom. The van der Waals surface area contributed by atoms with Crippen LogP contribution in [0.3, 0.4) is 0 Å². The van der Waals surface area contributed by atoms with Crippen LogP contribution < -0.4 is 5.32 Å². The lowest BCUT2D eigenvalue weighted by Gasteiger charge is -2.13. The van der Waals surface area contributed by atoms with E-state index in [1.54, 1.807) is 0 Å². The number of rotatable bonds is 4. The highest BCUT2D eigenvalue weighted by atomic mass is 16.3. The van der Waals surface area contributed by atoms with E-state index in [0.29, 0.717) is 0 Å². The highest BCUT2D eigenvalue weighted by molar-refractivity contribution is 5.38. The van der Waals surface area contributed by atoms with Crippen LogP contribution in [0.25, 0.3) is 5.65 Å². The molecule has 0 saturated heterocycles. The fourth-order valence-electron chi connectivity index (χ4n) is 2.59. The minimum Gasteiger partial charge on any atom is -0.466 e. The van der Waals surface area contributed by atoms with E-state index in [2.05, 4.69) is 28.4 Å². The van der Waals surface area contributed by atoms with Gasteiger partial charge in [0, 0.05) is 42.2 Å². The average molecular weight is 284 g/mol. The number of hydrogen-bond donors (Lipinski definition) is 1. The van der Waals surface area contributed by atoms with Crippen molar-refractivity contribution in [1.29, 1.82) is 0 Å². The summed E-state index contributed by atoms with van der Waals surface area (Å²) >= 11 is 0. The van der Waals surface area contributed by atoms with Crippen molar-refractivity contribution in [3.05, 3.63) is 52.9 Å². The van der Waals surface area contributed by atoms with Crippen LogP contribution in [0, 0.1) is 20.8 Å². The summed E-state index contributed by atoms with van der Waals surface area (Å²) in [6.07, 6.45) is 3.91. The van der Waals surface area contributed by atoms with Crippen molar-refractivity contribution < 1.29 is 4.42 Å². The molecule has 0 aliphatic carbocycles. The molecule has 1 N–H and O–H groups in total. The maximum absolute atomic E-state index is 5.58. The lowest BCUT2D eigenvalue weighted by Crippen LogP contribution is -2.18. The molecule has 1 unspecified atom stereocenters. The van der Waals surface area contributed by atoms with Gasteiger partial charge in [-0.05, 0) is 33.8 Å². The lowest BCUT2D eigenvalue weighted by molar-refractivity contribution is 0.489. The Morgan fingerprint density at radius 1 is 1.29 bits per heavy atom. The molecule has 0 saturated carbocycles. The summed E-state index contributed by atoms with van der Waals surface area (Å²) < 4.78 is 7.41. The monoisotopic (exact) mass is 284 g/mol. The van der Waals surface area contributed by atoms with Gasteiger partial charge in [0.15, 0.2) is 5.65 Å². The van der Waals surface area contributed by atoms with Crippen LogP contribution in [-0.4, -0.2) is 14.6 Å². The molecule has 0 aliphatic heterocycles. The summed E-state index contributed by atoms with van der Waals surface area (Å²) in [5.74, 6) is 1.93. The van der Waals surface area contributed by atoms with Crippen LogP contribution in [-0.2, 0) is 6.54 Å². The molecular weight excluding hydrogens is 264 g/mol. The molecular formula is C16H20N4O. The van der Waals surface area contributed by atoms with Crippen LogP contribution in [0.15, 0.2) is 28.9 Å². The molecule has 0 spiro atoms. The molecule has 3 aromatic heterocycles. The second-order valence-corrected chi connectivity index (χ2v) is 5.52. The molecule has 0 aromatic carbocycles. The zero-order valence-electron chi connectivity index (χ0n) is 12.8. The number of furan rings is 1. The Bertz CT molecular complexity index is 772. The minimum absolute atomic E-state index is 0.234. The Balaban J connectivity index is 1.72. The highest BCUT2D eigenvalue weighted by Crippen LogP contribution is 2.21. The van der Waals surface area contributed by atoms with Gasteiger partial charge in [-0.1, -0.05) is 0 Å². The predicted molar refractivity (Wildman–Crippen MR) is 81.2 cm³/mol. The molecule has 5 nitrogen and oxygen atoms in total. The summed E-state index contributed by atoms with van der Waals surface area (Å²) in [5.41, 5.74) is 4.17. The zero-order chi connectivity index (χ0) is 15.0. The van der Waals surface area contributed by atoms with Crippen molar-refractivity contribution in [3.8, 4) is 0 Å². The van der Waals surface area contributed by atoms with E-state index in [9.17, 15) is 0 Å². The summed E-state index contributed by atoms with van der Waals surface area (Å²) in [7, 11) is 0. The van der Waals surface area contributed by atoms with Gasteiger partial charge in [-0.2, -0.15) is 5.10 Å². The fourth-order valence-corrected chi connectivity index (χ4v) is 2.59. The van der Waals surface area contributed by atoms with Crippen LogP contribution >= 0.6 is 0 Å². The maximum Gasteiger partial charge on any atom is 0.155 e. The lowest BCUT2D eigenvalue weighted by atomic mass is 10.1. The number of nitrogens with one attached hydrogen (secondary N) is 1. The molecule has 21 heavy (non-hydrogen) atoms. The normalized spacial score (nSPS) is 13.0. The van der Waals surface area contributed by atoms with Crippen molar-refractivity contribution in [1.82, 2.24) is 19.9 Å². The summed E-state index contributed by atoms with van der Waals surface area (Å²) in [5, 5.41) is 7.89. The van der Waals surface area contributed by atoms with E-state index in [4.69, 9.17) is 4.42 Å². The minimum atomic E-state index is 0.234. The second kappa shape index (κ2) is 5.33. The first kappa shape index (κ1) is 13.8. The Hall–Kier alpha value is -2.14. The van der Waals surface area contributed by atoms with E-state index < -0.39 is 0 Å². The molecule has 3 heterocycles. The second-order valence-electron chi connectivity index (χ2n) is 5.52. The third-order valence-electron chi connectivity index (χ3n) is 3.65. The molecule has 5 heteroatoms. The van der Waals surface area contributed by atoms with Gasteiger partial charge in [0.1, 0.15) is 11.5 Å². The van der Waals surface area contributed by atoms with Gasteiger partial charge < -0.3 is 9.73 Å². The van der Waals surface area contributed by atoms with Crippen molar-refractivity contribution in [2.75, 3.05) is 0 Å². The predicted octanol–water partition coefficient (Wildman–Crippen LogP) is 3.10. The third kappa shape index (κ3) is 2.83. The van der Waals surface area contributed by atoms with E-state index >= 15 is 0 Å². The van der Waals surface area contributed by atoms with E-state index in [1.165, 1.54) is 5.56 Å². The number of hydrogen-bond acceptors (Lipinski definition) is 4. The standard InChI is InChI=1S/C16H20N4O/c1-10-5-16-18-8-14(9-20(16)19-10)7-17-12(3)15-6-11(2)21-13(15)4/h5-6,8-9,12,17H,7H2,1-4H3. The SMILES string of the molecule is Cc1cc2ncc(CNC(C)c3cc(C)oc3C)cn2n1. The third-order valence-corrected chi connectivity index (χ3v) is 3.65. The van der Waals surface area contributed by atoms with Gasteiger partial charge in [-0.25, -0.2) is 9.50 Å². The van der Waals surface area contributed by atoms with E-state index in [0.717, 1.165) is 35.0 Å². The summed E-state index contributed by atoms with van der Waals surface area (Å²) in [6.45, 7) is 8.83. The molecule has 1 atom stereocenters. The van der Waals surface area contributed by atoms with Gasteiger partial charge in [0.05, 0.1) is 5.69 Å². The van der Waals surface area contributed by atoms with E-state index in [1.807, 2.05) is 43.7 Å². The summed E-state index contributed by atoms with van der Waals surface area (Å²) in [6, 6.07) is 4.29. The first-order valence-corrected chi connectivity index (χ1v) is 7.14. The van der Waals surface area contributed by atoms with Crippen LogP contribution in [0.5, 0.6) is 0 Å². The van der Waals surface area contributed by atoms with Crippen molar-refractivity contribution in [3.63, 3.8) is 0 Å². The molecule has 3 aromatic rings. The van der Waals surface area contributed by atoms with Crippen LogP contribution in [0.2, 0.25) is 0 Å². The average Bonchev–Trinajstić information content (AvgIpc) is 2.96. The molecule has 0 radical (unpaired) electrons. The maximum atomic E-state index is 5.58.